The van der Waals surface area contributed by atoms with Gasteiger partial charge in [0.05, 0.1) is 23.0 Å². The first kappa shape index (κ1) is 16.0. The van der Waals surface area contributed by atoms with Crippen LogP contribution in [0.5, 0.6) is 0 Å². The second kappa shape index (κ2) is 5.97. The number of carboxylic acid groups (broad SMARTS) is 1. The van der Waals surface area contributed by atoms with E-state index in [-0.39, 0.29) is 33.3 Å². The van der Waals surface area contributed by atoms with Gasteiger partial charge >= 0.3 is 5.97 Å². The Hall–Kier alpha value is -2.87. The Balaban J connectivity index is 2.15. The number of carbonyl (C=O) groups is 1. The number of nitrogens with zero attached hydrogens (tertiary/aromatic N) is 1. The van der Waals surface area contributed by atoms with Gasteiger partial charge in [-0.05, 0) is 36.5 Å². The van der Waals surface area contributed by atoms with Gasteiger partial charge < -0.3 is 10.1 Å². The molecule has 1 aromatic heterocycles. The Morgan fingerprint density at radius 2 is 1.96 bits per heavy atom. The van der Waals surface area contributed by atoms with Crippen molar-refractivity contribution in [2.24, 2.45) is 0 Å². The molecule has 0 unspecified atom stereocenters. The molecule has 0 spiro atoms. The molecule has 0 aliphatic heterocycles. The molecule has 2 N–H and O–H groups in total. The van der Waals surface area contributed by atoms with E-state index in [1.54, 1.807) is 0 Å². The van der Waals surface area contributed by atoms with E-state index in [0.29, 0.717) is 0 Å². The van der Waals surface area contributed by atoms with Gasteiger partial charge in [-0.1, -0.05) is 6.07 Å². The molecule has 0 bridgehead atoms. The van der Waals surface area contributed by atoms with Crippen LogP contribution in [-0.4, -0.2) is 20.6 Å². The molecule has 2 aromatic carbocycles. The van der Waals surface area contributed by atoms with E-state index in [0.717, 1.165) is 16.7 Å². The Bertz CT molecular complexity index is 1090. The summed E-state index contributed by atoms with van der Waals surface area (Å²) in [5.74, 6) is -2.63. The maximum absolute atomic E-state index is 13.8. The van der Waals surface area contributed by atoms with Crippen molar-refractivity contribution in [3.63, 3.8) is 0 Å². The summed E-state index contributed by atoms with van der Waals surface area (Å²) < 4.78 is 27.9. The van der Waals surface area contributed by atoms with Gasteiger partial charge in [-0.25, -0.2) is 13.6 Å². The molecule has 0 saturated heterocycles. The number of fused-ring (bicyclic) bond motifs is 1. The molecule has 0 radical (unpaired) electrons. The Kier molecular flexibility index (Phi) is 3.98. The van der Waals surface area contributed by atoms with Crippen LogP contribution in [0.1, 0.15) is 15.9 Å². The third kappa shape index (κ3) is 2.83. The second-order valence-corrected chi connectivity index (χ2v) is 5.51. The van der Waals surface area contributed by atoms with E-state index in [2.05, 4.69) is 4.98 Å². The second-order valence-electron chi connectivity index (χ2n) is 5.12. The molecule has 24 heavy (non-hydrogen) atoms. The number of halogens is 2. The predicted molar refractivity (Wildman–Crippen MR) is 85.8 cm³/mol. The molecule has 0 amide bonds. The maximum Gasteiger partial charge on any atom is 0.335 e. The number of aromatic carboxylic acids is 1. The quantitative estimate of drug-likeness (QED) is 0.713. The molecule has 3 aromatic rings. The van der Waals surface area contributed by atoms with Gasteiger partial charge in [0.2, 0.25) is 0 Å². The Labute approximate surface area is 138 Å². The highest BCUT2D eigenvalue weighted by molar-refractivity contribution is 7.71. The SMILES string of the molecule is O=C(O)c1ccc2c(=O)n(Cc3ccc(F)cc3F)c(=S)[nH]c2c1. The van der Waals surface area contributed by atoms with Gasteiger partial charge in [-0.15, -0.1) is 0 Å². The molecule has 8 heteroatoms. The van der Waals surface area contributed by atoms with Gasteiger partial charge in [-0.2, -0.15) is 0 Å². The lowest BCUT2D eigenvalue weighted by atomic mass is 10.1. The highest BCUT2D eigenvalue weighted by Gasteiger charge is 2.11. The number of hydrogen-bond donors (Lipinski definition) is 2. The predicted octanol–water partition coefficient (Wildman–Crippen LogP) is 3.08. The normalized spacial score (nSPS) is 10.9. The van der Waals surface area contributed by atoms with Crippen molar-refractivity contribution in [2.45, 2.75) is 6.54 Å². The number of benzene rings is 2. The Morgan fingerprint density at radius 3 is 2.62 bits per heavy atom. The van der Waals surface area contributed by atoms with Crippen LogP contribution in [0.25, 0.3) is 10.9 Å². The summed E-state index contributed by atoms with van der Waals surface area (Å²) in [5, 5.41) is 9.21. The van der Waals surface area contributed by atoms with Gasteiger partial charge in [-0.3, -0.25) is 9.36 Å². The fourth-order valence-electron chi connectivity index (χ4n) is 2.35. The molecule has 122 valence electrons. The van der Waals surface area contributed by atoms with Crippen molar-refractivity contribution in [3.05, 3.63) is 74.3 Å². The zero-order chi connectivity index (χ0) is 17.4. The average molecular weight is 348 g/mol. The standard InChI is InChI=1S/C16H10F2N2O3S/c17-10-3-1-9(12(18)6-10)7-20-14(21)11-4-2-8(15(22)23)5-13(11)19-16(20)24/h1-6H,7H2,(H,19,24)(H,22,23). The van der Waals surface area contributed by atoms with E-state index >= 15 is 0 Å². The van der Waals surface area contributed by atoms with Crippen molar-refractivity contribution in [1.82, 2.24) is 9.55 Å². The monoisotopic (exact) mass is 348 g/mol. The largest absolute Gasteiger partial charge is 0.478 e. The first-order valence-corrected chi connectivity index (χ1v) is 7.22. The summed E-state index contributed by atoms with van der Waals surface area (Å²) in [4.78, 5) is 26.3. The van der Waals surface area contributed by atoms with E-state index < -0.39 is 23.2 Å². The minimum Gasteiger partial charge on any atom is -0.478 e. The third-order valence-electron chi connectivity index (χ3n) is 3.57. The summed E-state index contributed by atoms with van der Waals surface area (Å²) in [6, 6.07) is 7.03. The third-order valence-corrected chi connectivity index (χ3v) is 3.89. The first-order valence-electron chi connectivity index (χ1n) is 6.81. The van der Waals surface area contributed by atoms with Crippen LogP contribution in [-0.2, 0) is 6.54 Å². The number of aromatic nitrogens is 2. The summed E-state index contributed by atoms with van der Waals surface area (Å²) in [5.41, 5.74) is -0.0930. The van der Waals surface area contributed by atoms with E-state index in [1.807, 2.05) is 0 Å². The van der Waals surface area contributed by atoms with Gasteiger partial charge in [0.25, 0.3) is 5.56 Å². The number of carboxylic acids is 1. The van der Waals surface area contributed by atoms with Crippen LogP contribution < -0.4 is 5.56 Å². The molecule has 0 atom stereocenters. The van der Waals surface area contributed by atoms with Crippen molar-refractivity contribution in [3.8, 4) is 0 Å². The van der Waals surface area contributed by atoms with Crippen LogP contribution in [0, 0.1) is 16.4 Å². The zero-order valence-electron chi connectivity index (χ0n) is 12.0. The van der Waals surface area contributed by atoms with Gasteiger partial charge in [0.15, 0.2) is 4.77 Å². The van der Waals surface area contributed by atoms with Crippen LogP contribution in [0.3, 0.4) is 0 Å². The van der Waals surface area contributed by atoms with Crippen LogP contribution >= 0.6 is 12.2 Å². The summed E-state index contributed by atoms with van der Waals surface area (Å²) in [7, 11) is 0. The smallest absolute Gasteiger partial charge is 0.335 e. The molecule has 0 aliphatic carbocycles. The van der Waals surface area contributed by atoms with Crippen molar-refractivity contribution < 1.29 is 18.7 Å². The minimum atomic E-state index is -1.13. The van der Waals surface area contributed by atoms with Crippen LogP contribution in [0.15, 0.2) is 41.2 Å². The lowest BCUT2D eigenvalue weighted by Crippen LogP contribution is -2.23. The van der Waals surface area contributed by atoms with E-state index in [4.69, 9.17) is 17.3 Å². The van der Waals surface area contributed by atoms with E-state index in [1.165, 1.54) is 24.3 Å². The summed E-state index contributed by atoms with van der Waals surface area (Å²) in [6.07, 6.45) is 0. The topological polar surface area (TPSA) is 75.1 Å². The number of rotatable bonds is 3. The van der Waals surface area contributed by atoms with Crippen LogP contribution in [0.2, 0.25) is 0 Å². The Morgan fingerprint density at radius 1 is 1.21 bits per heavy atom. The number of nitrogens with one attached hydrogen (secondary N) is 1. The highest BCUT2D eigenvalue weighted by Crippen LogP contribution is 2.14. The molecule has 5 nitrogen and oxygen atoms in total. The van der Waals surface area contributed by atoms with E-state index in [9.17, 15) is 18.4 Å². The zero-order valence-corrected chi connectivity index (χ0v) is 12.9. The number of H-pyrrole nitrogens is 1. The number of hydrogen-bond acceptors (Lipinski definition) is 3. The first-order chi connectivity index (χ1) is 11.4. The average Bonchev–Trinajstić information content (AvgIpc) is 2.52. The van der Waals surface area contributed by atoms with Crippen molar-refractivity contribution >= 4 is 29.1 Å². The fraction of sp³-hybridized carbons (Fsp3) is 0.0625. The van der Waals surface area contributed by atoms with Crippen molar-refractivity contribution in [2.75, 3.05) is 0 Å². The minimum absolute atomic E-state index is 0.00915. The number of aromatic amines is 1. The molecular weight excluding hydrogens is 338 g/mol. The molecule has 3 rings (SSSR count). The molecule has 0 fully saturated rings. The molecule has 1 heterocycles. The molecule has 0 aliphatic rings. The summed E-state index contributed by atoms with van der Waals surface area (Å²) in [6.45, 7) is -0.170. The van der Waals surface area contributed by atoms with Crippen LogP contribution in [0.4, 0.5) is 8.78 Å². The summed E-state index contributed by atoms with van der Waals surface area (Å²) >= 11 is 5.11. The fourth-order valence-corrected chi connectivity index (χ4v) is 2.61. The van der Waals surface area contributed by atoms with Gasteiger partial charge in [0, 0.05) is 11.6 Å². The molecular formula is C16H10F2N2O3S. The van der Waals surface area contributed by atoms with Crippen molar-refractivity contribution in [1.29, 1.82) is 0 Å². The maximum atomic E-state index is 13.8. The lowest BCUT2D eigenvalue weighted by molar-refractivity contribution is 0.0697. The molecule has 0 saturated carbocycles. The highest BCUT2D eigenvalue weighted by atomic mass is 32.1. The lowest BCUT2D eigenvalue weighted by Gasteiger charge is -2.09. The van der Waals surface area contributed by atoms with Gasteiger partial charge in [0.1, 0.15) is 11.6 Å².